The smallest absolute Gasteiger partial charge is 0.377 e. The van der Waals surface area contributed by atoms with Gasteiger partial charge in [0.2, 0.25) is 0 Å². The Hall–Kier alpha value is -1.16. The van der Waals surface area contributed by atoms with Crippen molar-refractivity contribution in [1.29, 1.82) is 0 Å². The lowest BCUT2D eigenvalue weighted by atomic mass is 9.99. The number of ketones is 1. The monoisotopic (exact) mass is 256 g/mol. The van der Waals surface area contributed by atoms with Gasteiger partial charge in [-0.2, -0.15) is 0 Å². The van der Waals surface area contributed by atoms with E-state index in [-0.39, 0.29) is 5.56 Å². The summed E-state index contributed by atoms with van der Waals surface area (Å²) in [7, 11) is 0. The van der Waals surface area contributed by atoms with Gasteiger partial charge in [-0.25, -0.2) is 4.79 Å². The third-order valence-electron chi connectivity index (χ3n) is 2.03. The molecule has 0 heterocycles. The number of carbonyl (C=O) groups is 2. The zero-order valence-electron chi connectivity index (χ0n) is 7.80. The van der Waals surface area contributed by atoms with E-state index in [0.717, 1.165) is 4.47 Å². The second kappa shape index (κ2) is 3.92. The molecule has 0 bridgehead atoms. The minimum atomic E-state index is -1.42. The van der Waals surface area contributed by atoms with Crippen molar-refractivity contribution in [1.82, 2.24) is 0 Å². The predicted molar refractivity (Wildman–Crippen MR) is 55.6 cm³/mol. The van der Waals surface area contributed by atoms with Gasteiger partial charge in [0.25, 0.3) is 5.78 Å². The number of aryl methyl sites for hydroxylation is 1. The third-order valence-corrected chi connectivity index (χ3v) is 2.89. The Balaban J connectivity index is 3.40. The van der Waals surface area contributed by atoms with Gasteiger partial charge >= 0.3 is 5.97 Å². The number of halogens is 1. The molecule has 74 valence electrons. The maximum Gasteiger partial charge on any atom is 0.377 e. The van der Waals surface area contributed by atoms with Gasteiger partial charge in [-0.3, -0.25) is 4.79 Å². The van der Waals surface area contributed by atoms with Crippen LogP contribution in [0.3, 0.4) is 0 Å². The van der Waals surface area contributed by atoms with Crippen LogP contribution >= 0.6 is 15.9 Å². The van der Waals surface area contributed by atoms with Gasteiger partial charge in [0.1, 0.15) is 0 Å². The highest BCUT2D eigenvalue weighted by molar-refractivity contribution is 9.10. The Kier molecular flexibility index (Phi) is 3.06. The highest BCUT2D eigenvalue weighted by atomic mass is 79.9. The minimum absolute atomic E-state index is 0.270. The quantitative estimate of drug-likeness (QED) is 0.653. The summed E-state index contributed by atoms with van der Waals surface area (Å²) < 4.78 is 0.743. The second-order valence-corrected chi connectivity index (χ2v) is 3.85. The van der Waals surface area contributed by atoms with Crippen molar-refractivity contribution in [2.75, 3.05) is 0 Å². The van der Waals surface area contributed by atoms with E-state index < -0.39 is 11.8 Å². The number of hydrogen-bond donors (Lipinski definition) is 1. The molecule has 0 saturated heterocycles. The number of benzene rings is 1. The van der Waals surface area contributed by atoms with Gasteiger partial charge < -0.3 is 5.11 Å². The molecule has 0 saturated carbocycles. The molecular weight excluding hydrogens is 248 g/mol. The molecule has 0 amide bonds. The van der Waals surface area contributed by atoms with Gasteiger partial charge in [0, 0.05) is 10.0 Å². The molecule has 1 aromatic rings. The predicted octanol–water partition coefficient (Wildman–Crippen LogP) is 2.33. The summed E-state index contributed by atoms with van der Waals surface area (Å²) in [5.41, 5.74) is 1.61. The van der Waals surface area contributed by atoms with Crippen LogP contribution in [0.15, 0.2) is 16.6 Å². The van der Waals surface area contributed by atoms with Gasteiger partial charge in [-0.15, -0.1) is 0 Å². The molecule has 0 aliphatic carbocycles. The van der Waals surface area contributed by atoms with Crippen LogP contribution in [0, 0.1) is 13.8 Å². The van der Waals surface area contributed by atoms with Crippen molar-refractivity contribution in [2.24, 2.45) is 0 Å². The number of rotatable bonds is 2. The highest BCUT2D eigenvalue weighted by Crippen LogP contribution is 2.23. The van der Waals surface area contributed by atoms with E-state index in [4.69, 9.17) is 5.11 Å². The molecule has 0 fully saturated rings. The third kappa shape index (κ3) is 1.85. The zero-order valence-corrected chi connectivity index (χ0v) is 9.38. The van der Waals surface area contributed by atoms with Crippen LogP contribution in [-0.4, -0.2) is 16.9 Å². The molecule has 0 atom stereocenters. The Morgan fingerprint density at radius 3 is 2.36 bits per heavy atom. The van der Waals surface area contributed by atoms with E-state index in [0.29, 0.717) is 11.1 Å². The molecule has 1 N–H and O–H groups in total. The van der Waals surface area contributed by atoms with Crippen molar-refractivity contribution >= 4 is 27.7 Å². The first-order valence-corrected chi connectivity index (χ1v) is 4.77. The molecule has 4 heteroatoms. The number of hydrogen-bond acceptors (Lipinski definition) is 2. The fourth-order valence-electron chi connectivity index (χ4n) is 1.28. The molecule has 1 rings (SSSR count). The molecule has 1 aromatic carbocycles. The lowest BCUT2D eigenvalue weighted by Gasteiger charge is -2.07. The fourth-order valence-corrected chi connectivity index (χ4v) is 1.61. The van der Waals surface area contributed by atoms with Crippen LogP contribution in [0.2, 0.25) is 0 Å². The van der Waals surface area contributed by atoms with Crippen molar-refractivity contribution in [3.05, 3.63) is 33.3 Å². The largest absolute Gasteiger partial charge is 0.475 e. The Bertz CT molecular complexity index is 410. The molecule has 0 unspecified atom stereocenters. The summed E-state index contributed by atoms with van der Waals surface area (Å²) in [6.45, 7) is 3.43. The highest BCUT2D eigenvalue weighted by Gasteiger charge is 2.20. The van der Waals surface area contributed by atoms with Gasteiger partial charge in [-0.05, 0) is 31.0 Å². The van der Waals surface area contributed by atoms with Crippen molar-refractivity contribution in [3.8, 4) is 0 Å². The van der Waals surface area contributed by atoms with E-state index >= 15 is 0 Å². The Labute approximate surface area is 89.9 Å². The molecule has 3 nitrogen and oxygen atoms in total. The van der Waals surface area contributed by atoms with E-state index in [1.54, 1.807) is 26.0 Å². The summed E-state index contributed by atoms with van der Waals surface area (Å²) in [5, 5.41) is 8.61. The first kappa shape index (κ1) is 10.9. The normalized spacial score (nSPS) is 9.93. The van der Waals surface area contributed by atoms with E-state index in [1.807, 2.05) is 0 Å². The van der Waals surface area contributed by atoms with E-state index in [1.165, 1.54) is 0 Å². The standard InChI is InChI=1S/C10H9BrO3/c1-5-3-4-7(11)6(2)8(5)9(12)10(13)14/h3-4H,1-2H3,(H,13,14). The summed E-state index contributed by atoms with van der Waals surface area (Å²) in [5.74, 6) is -2.28. The first-order chi connectivity index (χ1) is 6.45. The Morgan fingerprint density at radius 2 is 1.86 bits per heavy atom. The lowest BCUT2D eigenvalue weighted by Crippen LogP contribution is -2.15. The number of carbonyl (C=O) groups excluding carboxylic acids is 1. The van der Waals surface area contributed by atoms with Gasteiger partial charge in [-0.1, -0.05) is 22.0 Å². The van der Waals surface area contributed by atoms with E-state index in [2.05, 4.69) is 15.9 Å². The van der Waals surface area contributed by atoms with Crippen molar-refractivity contribution in [3.63, 3.8) is 0 Å². The molecule has 0 aromatic heterocycles. The fraction of sp³-hybridized carbons (Fsp3) is 0.200. The summed E-state index contributed by atoms with van der Waals surface area (Å²) in [6, 6.07) is 3.51. The van der Waals surface area contributed by atoms with Crippen molar-refractivity contribution in [2.45, 2.75) is 13.8 Å². The minimum Gasteiger partial charge on any atom is -0.475 e. The molecule has 0 aliphatic rings. The van der Waals surface area contributed by atoms with Crippen LogP contribution in [0.25, 0.3) is 0 Å². The topological polar surface area (TPSA) is 54.4 Å². The molecule has 0 radical (unpaired) electrons. The van der Waals surface area contributed by atoms with Crippen molar-refractivity contribution < 1.29 is 14.7 Å². The maximum atomic E-state index is 11.3. The molecular formula is C10H9BrO3. The first-order valence-electron chi connectivity index (χ1n) is 3.98. The van der Waals surface area contributed by atoms with Crippen LogP contribution in [0.4, 0.5) is 0 Å². The molecule has 0 aliphatic heterocycles. The lowest BCUT2D eigenvalue weighted by molar-refractivity contribution is -0.131. The summed E-state index contributed by atoms with van der Waals surface area (Å²) >= 11 is 3.25. The number of Topliss-reactive ketones (excluding diaryl/α,β-unsaturated/α-hetero) is 1. The van der Waals surface area contributed by atoms with Crippen LogP contribution in [0.1, 0.15) is 21.5 Å². The number of carboxylic acid groups (broad SMARTS) is 1. The average molecular weight is 257 g/mol. The molecule has 0 spiro atoms. The van der Waals surface area contributed by atoms with Crippen LogP contribution < -0.4 is 0 Å². The van der Waals surface area contributed by atoms with E-state index in [9.17, 15) is 9.59 Å². The maximum absolute atomic E-state index is 11.3. The number of carboxylic acids is 1. The SMILES string of the molecule is Cc1ccc(Br)c(C)c1C(=O)C(=O)O. The summed E-state index contributed by atoms with van der Waals surface area (Å²) in [6.07, 6.45) is 0. The average Bonchev–Trinajstić information content (AvgIpc) is 2.12. The molecule has 14 heavy (non-hydrogen) atoms. The Morgan fingerprint density at radius 1 is 1.29 bits per heavy atom. The number of aliphatic carboxylic acids is 1. The second-order valence-electron chi connectivity index (χ2n) is 3.00. The van der Waals surface area contributed by atoms with Crippen LogP contribution in [-0.2, 0) is 4.79 Å². The van der Waals surface area contributed by atoms with Crippen LogP contribution in [0.5, 0.6) is 0 Å². The van der Waals surface area contributed by atoms with Gasteiger partial charge in [0.15, 0.2) is 0 Å². The van der Waals surface area contributed by atoms with Gasteiger partial charge in [0.05, 0.1) is 0 Å². The zero-order chi connectivity index (χ0) is 10.9. The summed E-state index contributed by atoms with van der Waals surface area (Å²) in [4.78, 5) is 21.9.